The van der Waals surface area contributed by atoms with Gasteiger partial charge < -0.3 is 10.2 Å². The Bertz CT molecular complexity index is 499. The molecule has 116 valence electrons. The van der Waals surface area contributed by atoms with Crippen LogP contribution in [0, 0.1) is 11.7 Å². The minimum absolute atomic E-state index is 0.0604. The summed E-state index contributed by atoms with van der Waals surface area (Å²) in [6.45, 7) is 5.96. The molecule has 21 heavy (non-hydrogen) atoms. The lowest BCUT2D eigenvalue weighted by Crippen LogP contribution is -2.46. The van der Waals surface area contributed by atoms with Crippen LogP contribution >= 0.6 is 15.9 Å². The highest BCUT2D eigenvalue weighted by Gasteiger charge is 2.23. The van der Waals surface area contributed by atoms with E-state index in [4.69, 9.17) is 0 Å². The minimum Gasteiger partial charge on any atom is -0.342 e. The molecular weight excluding hydrogens is 335 g/mol. The Balaban J connectivity index is 1.81. The number of nitrogens with zero attached hydrogens (tertiary/aromatic N) is 1. The van der Waals surface area contributed by atoms with Crippen molar-refractivity contribution in [1.29, 1.82) is 0 Å². The number of nitrogens with one attached hydrogen (secondary N) is 1. The zero-order valence-corrected chi connectivity index (χ0v) is 14.1. The molecule has 1 aliphatic rings. The first-order valence-electron chi connectivity index (χ1n) is 7.43. The molecule has 0 unspecified atom stereocenters. The van der Waals surface area contributed by atoms with Crippen molar-refractivity contribution in [3.63, 3.8) is 0 Å². The number of piperidine rings is 1. The summed E-state index contributed by atoms with van der Waals surface area (Å²) in [5.41, 5.74) is 0.671. The van der Waals surface area contributed by atoms with Crippen LogP contribution in [0.5, 0.6) is 0 Å². The molecule has 0 bridgehead atoms. The van der Waals surface area contributed by atoms with Crippen molar-refractivity contribution < 1.29 is 9.18 Å². The number of likely N-dealkylation sites (tertiary alicyclic amines) is 1. The summed E-state index contributed by atoms with van der Waals surface area (Å²) in [7, 11) is 0. The molecule has 1 fully saturated rings. The third kappa shape index (κ3) is 4.51. The first kappa shape index (κ1) is 16.4. The average molecular weight is 357 g/mol. The maximum atomic E-state index is 13.7. The molecule has 3 nitrogen and oxygen atoms in total. The molecule has 1 aromatic carbocycles. The van der Waals surface area contributed by atoms with Gasteiger partial charge in [-0.25, -0.2) is 4.39 Å². The summed E-state index contributed by atoms with van der Waals surface area (Å²) in [6.07, 6.45) is 1.85. The van der Waals surface area contributed by atoms with Crippen LogP contribution in [0.25, 0.3) is 0 Å². The molecule has 1 aromatic rings. The van der Waals surface area contributed by atoms with Crippen LogP contribution in [0.4, 0.5) is 4.39 Å². The molecule has 0 aromatic heterocycles. The number of rotatable bonds is 4. The van der Waals surface area contributed by atoms with Gasteiger partial charge in [0.05, 0.1) is 0 Å². The van der Waals surface area contributed by atoms with Crippen molar-refractivity contribution in [2.75, 3.05) is 13.1 Å². The van der Waals surface area contributed by atoms with Gasteiger partial charge in [0.1, 0.15) is 5.82 Å². The van der Waals surface area contributed by atoms with Crippen LogP contribution in [0.2, 0.25) is 0 Å². The fourth-order valence-electron chi connectivity index (χ4n) is 2.60. The van der Waals surface area contributed by atoms with Crippen molar-refractivity contribution in [3.8, 4) is 0 Å². The fraction of sp³-hybridized carbons (Fsp3) is 0.562. The number of halogens is 2. The van der Waals surface area contributed by atoms with Crippen molar-refractivity contribution in [1.82, 2.24) is 10.2 Å². The highest BCUT2D eigenvalue weighted by atomic mass is 79.9. The summed E-state index contributed by atoms with van der Waals surface area (Å²) in [4.78, 5) is 13.8. The summed E-state index contributed by atoms with van der Waals surface area (Å²) >= 11 is 3.36. The molecule has 0 aliphatic carbocycles. The molecule has 1 amide bonds. The van der Waals surface area contributed by atoms with Crippen LogP contribution in [0.3, 0.4) is 0 Å². The van der Waals surface area contributed by atoms with E-state index in [0.717, 1.165) is 30.4 Å². The van der Waals surface area contributed by atoms with E-state index in [1.807, 2.05) is 18.7 Å². The lowest BCUT2D eigenvalue weighted by molar-refractivity contribution is -0.135. The Morgan fingerprint density at radius 1 is 1.43 bits per heavy atom. The predicted molar refractivity (Wildman–Crippen MR) is 85.4 cm³/mol. The Morgan fingerprint density at radius 2 is 2.10 bits per heavy atom. The van der Waals surface area contributed by atoms with Gasteiger partial charge in [0.2, 0.25) is 5.91 Å². The predicted octanol–water partition coefficient (Wildman–Crippen LogP) is 3.32. The molecule has 0 radical (unpaired) electrons. The zero-order valence-electron chi connectivity index (χ0n) is 12.5. The number of carbonyl (C=O) groups is 1. The highest BCUT2D eigenvalue weighted by Crippen LogP contribution is 2.17. The third-order valence-electron chi connectivity index (χ3n) is 3.89. The van der Waals surface area contributed by atoms with E-state index in [9.17, 15) is 9.18 Å². The number of amides is 1. The summed E-state index contributed by atoms with van der Waals surface area (Å²) in [6, 6.07) is 5.33. The van der Waals surface area contributed by atoms with E-state index < -0.39 is 0 Å². The maximum absolute atomic E-state index is 13.7. The van der Waals surface area contributed by atoms with Crippen LogP contribution in [0.1, 0.15) is 32.3 Å². The minimum atomic E-state index is -0.182. The second-order valence-corrected chi connectivity index (χ2v) is 6.79. The molecular formula is C16H22BrFN2O. The molecule has 5 heteroatoms. The summed E-state index contributed by atoms with van der Waals surface area (Å²) in [5, 5.41) is 3.40. The van der Waals surface area contributed by atoms with Gasteiger partial charge in [0.15, 0.2) is 0 Å². The molecule has 1 N–H and O–H groups in total. The van der Waals surface area contributed by atoms with Crippen LogP contribution in [-0.4, -0.2) is 29.9 Å². The SMILES string of the molecule is CC(C)C(=O)N1CCC(NCc2cc(Br)ccc2F)CC1. The van der Waals surface area contributed by atoms with E-state index in [2.05, 4.69) is 21.2 Å². The monoisotopic (exact) mass is 356 g/mol. The maximum Gasteiger partial charge on any atom is 0.225 e. The third-order valence-corrected chi connectivity index (χ3v) is 4.38. The summed E-state index contributed by atoms with van der Waals surface area (Å²) in [5.74, 6) is 0.106. The van der Waals surface area contributed by atoms with Gasteiger partial charge >= 0.3 is 0 Å². The van der Waals surface area contributed by atoms with Gasteiger partial charge in [0.25, 0.3) is 0 Å². The van der Waals surface area contributed by atoms with Gasteiger partial charge in [0, 0.05) is 41.6 Å². The van der Waals surface area contributed by atoms with Crippen molar-refractivity contribution in [3.05, 3.63) is 34.1 Å². The molecule has 0 saturated carbocycles. The van der Waals surface area contributed by atoms with E-state index in [1.165, 1.54) is 6.07 Å². The van der Waals surface area contributed by atoms with Gasteiger partial charge in [-0.05, 0) is 31.0 Å². The van der Waals surface area contributed by atoms with E-state index in [-0.39, 0.29) is 17.6 Å². The number of benzene rings is 1. The molecule has 0 spiro atoms. The van der Waals surface area contributed by atoms with E-state index in [0.29, 0.717) is 18.2 Å². The number of carbonyl (C=O) groups excluding carboxylic acids is 1. The molecule has 2 rings (SSSR count). The van der Waals surface area contributed by atoms with Crippen LogP contribution in [-0.2, 0) is 11.3 Å². The molecule has 1 saturated heterocycles. The fourth-order valence-corrected chi connectivity index (χ4v) is 3.01. The number of hydrogen-bond donors (Lipinski definition) is 1. The highest BCUT2D eigenvalue weighted by molar-refractivity contribution is 9.10. The second-order valence-electron chi connectivity index (χ2n) is 5.87. The van der Waals surface area contributed by atoms with Crippen molar-refractivity contribution >= 4 is 21.8 Å². The second kappa shape index (κ2) is 7.36. The Labute approximate surface area is 134 Å². The Kier molecular flexibility index (Phi) is 5.76. The Morgan fingerprint density at radius 3 is 2.71 bits per heavy atom. The quantitative estimate of drug-likeness (QED) is 0.897. The lowest BCUT2D eigenvalue weighted by Gasteiger charge is -2.33. The average Bonchev–Trinajstić information content (AvgIpc) is 2.48. The molecule has 1 aliphatic heterocycles. The Hall–Kier alpha value is -0.940. The van der Waals surface area contributed by atoms with Crippen molar-refractivity contribution in [2.45, 2.75) is 39.3 Å². The van der Waals surface area contributed by atoms with Crippen LogP contribution < -0.4 is 5.32 Å². The first-order chi connectivity index (χ1) is 9.97. The normalized spacial score (nSPS) is 16.5. The van der Waals surface area contributed by atoms with E-state index >= 15 is 0 Å². The molecule has 1 heterocycles. The van der Waals surface area contributed by atoms with Gasteiger partial charge in [-0.2, -0.15) is 0 Å². The largest absolute Gasteiger partial charge is 0.342 e. The topological polar surface area (TPSA) is 32.3 Å². The van der Waals surface area contributed by atoms with Gasteiger partial charge in [-0.3, -0.25) is 4.79 Å². The summed E-state index contributed by atoms with van der Waals surface area (Å²) < 4.78 is 14.6. The standard InChI is InChI=1S/C16H22BrFN2O/c1-11(2)16(21)20-7-5-14(6-8-20)19-10-12-9-13(17)3-4-15(12)18/h3-4,9,11,14,19H,5-8,10H2,1-2H3. The van der Waals surface area contributed by atoms with Crippen molar-refractivity contribution in [2.24, 2.45) is 5.92 Å². The van der Waals surface area contributed by atoms with Gasteiger partial charge in [-0.15, -0.1) is 0 Å². The van der Waals surface area contributed by atoms with E-state index in [1.54, 1.807) is 12.1 Å². The smallest absolute Gasteiger partial charge is 0.225 e. The number of hydrogen-bond acceptors (Lipinski definition) is 2. The van der Waals surface area contributed by atoms with Gasteiger partial charge in [-0.1, -0.05) is 29.8 Å². The zero-order chi connectivity index (χ0) is 15.4. The van der Waals surface area contributed by atoms with Crippen LogP contribution in [0.15, 0.2) is 22.7 Å². The molecule has 0 atom stereocenters. The first-order valence-corrected chi connectivity index (χ1v) is 8.22. The lowest BCUT2D eigenvalue weighted by atomic mass is 10.0.